The van der Waals surface area contributed by atoms with Gasteiger partial charge in [0.25, 0.3) is 0 Å². The Bertz CT molecular complexity index is 1290. The SMILES string of the molecule is NC(CNc1nnc(-c2ccc3[nH]ncc3c2)s1)Cc1c[nH]c2cc(O)ccc12. The van der Waals surface area contributed by atoms with Crippen LogP contribution in [0.2, 0.25) is 0 Å². The fourth-order valence-electron chi connectivity index (χ4n) is 3.40. The molecule has 0 spiro atoms. The maximum absolute atomic E-state index is 9.59. The number of benzene rings is 2. The lowest BCUT2D eigenvalue weighted by molar-refractivity contribution is 0.476. The van der Waals surface area contributed by atoms with Gasteiger partial charge < -0.3 is 21.1 Å². The Morgan fingerprint density at radius 2 is 2.07 bits per heavy atom. The number of nitrogens with zero attached hydrogens (tertiary/aromatic N) is 3. The van der Waals surface area contributed by atoms with Crippen LogP contribution in [-0.4, -0.2) is 43.1 Å². The number of aromatic nitrogens is 5. The fourth-order valence-corrected chi connectivity index (χ4v) is 4.15. The number of phenolic OH excluding ortho intramolecular Hbond substituents is 1. The molecular weight excluding hydrogens is 386 g/mol. The van der Waals surface area contributed by atoms with Crippen LogP contribution in [0.5, 0.6) is 5.75 Å². The summed E-state index contributed by atoms with van der Waals surface area (Å²) in [6.45, 7) is 0.583. The molecule has 29 heavy (non-hydrogen) atoms. The number of hydrogen-bond acceptors (Lipinski definition) is 7. The molecule has 0 amide bonds. The summed E-state index contributed by atoms with van der Waals surface area (Å²) in [4.78, 5) is 3.18. The molecule has 5 aromatic rings. The van der Waals surface area contributed by atoms with Crippen molar-refractivity contribution in [3.63, 3.8) is 0 Å². The molecular formula is C20H19N7OS. The van der Waals surface area contributed by atoms with Gasteiger partial charge in [0.05, 0.1) is 11.7 Å². The summed E-state index contributed by atoms with van der Waals surface area (Å²) in [6, 6.07) is 11.3. The molecule has 5 rings (SSSR count). The smallest absolute Gasteiger partial charge is 0.206 e. The van der Waals surface area contributed by atoms with Crippen LogP contribution >= 0.6 is 11.3 Å². The summed E-state index contributed by atoms with van der Waals surface area (Å²) >= 11 is 1.50. The quantitative estimate of drug-likeness (QED) is 0.295. The Balaban J connectivity index is 1.24. The average molecular weight is 405 g/mol. The van der Waals surface area contributed by atoms with Crippen molar-refractivity contribution >= 4 is 38.3 Å². The van der Waals surface area contributed by atoms with Crippen molar-refractivity contribution in [3.8, 4) is 16.3 Å². The molecule has 0 saturated carbocycles. The highest BCUT2D eigenvalue weighted by Crippen LogP contribution is 2.28. The van der Waals surface area contributed by atoms with Gasteiger partial charge in [0.1, 0.15) is 10.8 Å². The Labute approximate surface area is 169 Å². The van der Waals surface area contributed by atoms with E-state index in [9.17, 15) is 5.11 Å². The van der Waals surface area contributed by atoms with Crippen LogP contribution in [0.4, 0.5) is 5.13 Å². The van der Waals surface area contributed by atoms with Crippen LogP contribution in [0.3, 0.4) is 0 Å². The lowest BCUT2D eigenvalue weighted by Gasteiger charge is -2.11. The second-order valence-corrected chi connectivity index (χ2v) is 7.95. The second kappa shape index (κ2) is 7.19. The maximum Gasteiger partial charge on any atom is 0.206 e. The third-order valence-corrected chi connectivity index (χ3v) is 5.79. The topological polar surface area (TPSA) is 129 Å². The number of hydrogen-bond donors (Lipinski definition) is 5. The van der Waals surface area contributed by atoms with Gasteiger partial charge in [-0.2, -0.15) is 5.10 Å². The number of phenols is 1. The molecule has 8 nitrogen and oxygen atoms in total. The Kier molecular flexibility index (Phi) is 4.38. The van der Waals surface area contributed by atoms with Crippen LogP contribution in [0.25, 0.3) is 32.4 Å². The molecule has 0 aliphatic carbocycles. The molecule has 3 heterocycles. The van der Waals surface area contributed by atoms with Crippen molar-refractivity contribution in [2.75, 3.05) is 11.9 Å². The highest BCUT2D eigenvalue weighted by atomic mass is 32.1. The highest BCUT2D eigenvalue weighted by Gasteiger charge is 2.12. The summed E-state index contributed by atoms with van der Waals surface area (Å²) in [5.41, 5.74) is 10.4. The minimum Gasteiger partial charge on any atom is -0.508 e. The van der Waals surface area contributed by atoms with Gasteiger partial charge in [0.15, 0.2) is 0 Å². The lowest BCUT2D eigenvalue weighted by Crippen LogP contribution is -2.31. The van der Waals surface area contributed by atoms with Gasteiger partial charge in [-0.05, 0) is 42.3 Å². The van der Waals surface area contributed by atoms with E-state index in [1.165, 1.54) is 11.3 Å². The number of nitrogens with two attached hydrogens (primary N) is 1. The number of H-pyrrole nitrogens is 2. The van der Waals surface area contributed by atoms with Crippen molar-refractivity contribution in [2.45, 2.75) is 12.5 Å². The molecule has 1 atom stereocenters. The van der Waals surface area contributed by atoms with E-state index >= 15 is 0 Å². The Morgan fingerprint density at radius 1 is 1.14 bits per heavy atom. The summed E-state index contributed by atoms with van der Waals surface area (Å²) in [5, 5.41) is 32.1. The number of nitrogens with one attached hydrogen (secondary N) is 3. The standard InChI is InChI=1S/C20H19N7OS/c21-14(6-12-8-22-18-7-15(28)2-3-16(12)18)10-23-20-27-26-19(29-20)11-1-4-17-13(5-11)9-24-25-17/h1-5,7-9,14,22,28H,6,10,21H2,(H,23,27)(H,24,25). The van der Waals surface area contributed by atoms with Crippen molar-refractivity contribution < 1.29 is 5.11 Å². The number of fused-ring (bicyclic) bond motifs is 2. The largest absolute Gasteiger partial charge is 0.508 e. The molecule has 2 aromatic carbocycles. The normalized spacial score (nSPS) is 12.6. The van der Waals surface area contributed by atoms with Crippen LogP contribution in [-0.2, 0) is 6.42 Å². The van der Waals surface area contributed by atoms with Gasteiger partial charge in [-0.15, -0.1) is 10.2 Å². The van der Waals surface area contributed by atoms with Gasteiger partial charge >= 0.3 is 0 Å². The third-order valence-electron chi connectivity index (χ3n) is 4.86. The van der Waals surface area contributed by atoms with Crippen LogP contribution in [0.1, 0.15) is 5.56 Å². The van der Waals surface area contributed by atoms with Crippen molar-refractivity contribution in [3.05, 3.63) is 54.4 Å². The zero-order chi connectivity index (χ0) is 19.8. The first kappa shape index (κ1) is 17.7. The first-order valence-electron chi connectivity index (χ1n) is 9.21. The van der Waals surface area contributed by atoms with Crippen molar-refractivity contribution in [2.24, 2.45) is 5.73 Å². The van der Waals surface area contributed by atoms with Crippen LogP contribution in [0.15, 0.2) is 48.8 Å². The minimum absolute atomic E-state index is 0.0857. The lowest BCUT2D eigenvalue weighted by atomic mass is 10.1. The molecule has 0 aliphatic heterocycles. The molecule has 0 aliphatic rings. The van der Waals surface area contributed by atoms with E-state index in [1.54, 1.807) is 18.3 Å². The number of anilines is 1. The zero-order valence-electron chi connectivity index (χ0n) is 15.4. The predicted molar refractivity (Wildman–Crippen MR) is 115 cm³/mol. The number of aromatic amines is 2. The van der Waals surface area contributed by atoms with E-state index in [2.05, 4.69) is 30.7 Å². The van der Waals surface area contributed by atoms with E-state index in [0.29, 0.717) is 13.0 Å². The fraction of sp³-hybridized carbons (Fsp3) is 0.150. The summed E-state index contributed by atoms with van der Waals surface area (Å²) in [6.07, 6.45) is 4.45. The first-order valence-corrected chi connectivity index (χ1v) is 10.0. The summed E-state index contributed by atoms with van der Waals surface area (Å²) in [5.74, 6) is 0.246. The van der Waals surface area contributed by atoms with Gasteiger partial charge in [0, 0.05) is 46.7 Å². The predicted octanol–water partition coefficient (Wildman–Crippen LogP) is 3.25. The molecule has 146 valence electrons. The van der Waals surface area contributed by atoms with E-state index in [4.69, 9.17) is 5.73 Å². The van der Waals surface area contributed by atoms with Crippen LogP contribution < -0.4 is 11.1 Å². The molecule has 0 saturated heterocycles. The highest BCUT2D eigenvalue weighted by molar-refractivity contribution is 7.18. The van der Waals surface area contributed by atoms with Crippen molar-refractivity contribution in [1.82, 2.24) is 25.4 Å². The summed E-state index contributed by atoms with van der Waals surface area (Å²) < 4.78 is 0. The van der Waals surface area contributed by atoms with Gasteiger partial charge in [0.2, 0.25) is 5.13 Å². The molecule has 9 heteroatoms. The minimum atomic E-state index is -0.0857. The van der Waals surface area contributed by atoms with Gasteiger partial charge in [-0.25, -0.2) is 0 Å². The van der Waals surface area contributed by atoms with Crippen molar-refractivity contribution in [1.29, 1.82) is 0 Å². The van der Waals surface area contributed by atoms with Gasteiger partial charge in [-0.1, -0.05) is 11.3 Å². The molecule has 0 fully saturated rings. The van der Waals surface area contributed by atoms with E-state index in [1.807, 2.05) is 30.5 Å². The molecule has 0 bridgehead atoms. The third kappa shape index (κ3) is 3.53. The second-order valence-electron chi connectivity index (χ2n) is 6.97. The van der Waals surface area contributed by atoms with E-state index in [-0.39, 0.29) is 11.8 Å². The Hall–Kier alpha value is -3.43. The molecule has 3 aromatic heterocycles. The van der Waals surface area contributed by atoms with Crippen LogP contribution in [0, 0.1) is 0 Å². The van der Waals surface area contributed by atoms with E-state index < -0.39 is 0 Å². The molecule has 0 radical (unpaired) electrons. The monoisotopic (exact) mass is 405 g/mol. The van der Waals surface area contributed by atoms with E-state index in [0.717, 1.165) is 43.1 Å². The number of aromatic hydroxyl groups is 1. The average Bonchev–Trinajstić information content (AvgIpc) is 3.45. The zero-order valence-corrected chi connectivity index (χ0v) is 16.2. The number of rotatable bonds is 6. The summed E-state index contributed by atoms with van der Waals surface area (Å²) in [7, 11) is 0. The maximum atomic E-state index is 9.59. The van der Waals surface area contributed by atoms with Gasteiger partial charge in [-0.3, -0.25) is 5.10 Å². The molecule has 1 unspecified atom stereocenters. The Morgan fingerprint density at radius 3 is 3.00 bits per heavy atom. The first-order chi connectivity index (χ1) is 14.2. The molecule has 6 N–H and O–H groups in total.